The number of piperidine rings is 1. The summed E-state index contributed by atoms with van der Waals surface area (Å²) in [6.07, 6.45) is 2.63. The van der Waals surface area contributed by atoms with Crippen LogP contribution in [0.4, 0.5) is 0 Å². The van der Waals surface area contributed by atoms with E-state index in [1.807, 2.05) is 0 Å². The van der Waals surface area contributed by atoms with Gasteiger partial charge in [0.25, 0.3) is 0 Å². The number of nitrogens with one attached hydrogen (secondary N) is 1. The van der Waals surface area contributed by atoms with Gasteiger partial charge in [0.15, 0.2) is 0 Å². The fourth-order valence-electron chi connectivity index (χ4n) is 2.14. The van der Waals surface area contributed by atoms with E-state index in [9.17, 15) is 0 Å². The molecule has 1 saturated heterocycles. The Morgan fingerprint density at radius 1 is 1.42 bits per heavy atom. The second-order valence-electron chi connectivity index (χ2n) is 3.80. The Morgan fingerprint density at radius 3 is 2.75 bits per heavy atom. The van der Waals surface area contributed by atoms with E-state index >= 15 is 0 Å². The molecule has 2 heteroatoms. The van der Waals surface area contributed by atoms with Gasteiger partial charge in [0.1, 0.15) is 0 Å². The SMILES string of the molecule is CCC1CNCCC1N(C)CC. The summed E-state index contributed by atoms with van der Waals surface area (Å²) < 4.78 is 0. The Balaban J connectivity index is 2.46. The van der Waals surface area contributed by atoms with Crippen LogP contribution in [0.15, 0.2) is 0 Å². The first-order valence-electron chi connectivity index (χ1n) is 5.20. The molecule has 1 aliphatic rings. The first kappa shape index (κ1) is 10.0. The van der Waals surface area contributed by atoms with E-state index in [-0.39, 0.29) is 0 Å². The average Bonchev–Trinajstić information content (AvgIpc) is 2.16. The maximum Gasteiger partial charge on any atom is 0.0144 e. The third kappa shape index (κ3) is 2.20. The molecule has 0 aromatic heterocycles. The topological polar surface area (TPSA) is 15.3 Å². The molecular formula is C10H22N2. The molecule has 0 aromatic carbocycles. The van der Waals surface area contributed by atoms with Crippen LogP contribution in [0.2, 0.25) is 0 Å². The second kappa shape index (κ2) is 4.83. The Labute approximate surface area is 76.3 Å². The molecule has 2 atom stereocenters. The summed E-state index contributed by atoms with van der Waals surface area (Å²) in [5, 5.41) is 3.47. The summed E-state index contributed by atoms with van der Waals surface area (Å²) in [7, 11) is 2.25. The van der Waals surface area contributed by atoms with Crippen LogP contribution in [0, 0.1) is 5.92 Å². The molecule has 0 bridgehead atoms. The molecule has 0 radical (unpaired) electrons. The summed E-state index contributed by atoms with van der Waals surface area (Å²) in [5.41, 5.74) is 0. The van der Waals surface area contributed by atoms with Crippen LogP contribution in [-0.4, -0.2) is 37.6 Å². The quantitative estimate of drug-likeness (QED) is 0.687. The lowest BCUT2D eigenvalue weighted by atomic mass is 9.90. The monoisotopic (exact) mass is 170 g/mol. The van der Waals surface area contributed by atoms with Crippen molar-refractivity contribution in [3.8, 4) is 0 Å². The average molecular weight is 170 g/mol. The Bertz CT molecular complexity index is 125. The van der Waals surface area contributed by atoms with Gasteiger partial charge in [-0.25, -0.2) is 0 Å². The van der Waals surface area contributed by atoms with Crippen LogP contribution < -0.4 is 5.32 Å². The molecule has 1 heterocycles. The van der Waals surface area contributed by atoms with Gasteiger partial charge < -0.3 is 10.2 Å². The van der Waals surface area contributed by atoms with Gasteiger partial charge in [-0.15, -0.1) is 0 Å². The van der Waals surface area contributed by atoms with Crippen LogP contribution in [0.25, 0.3) is 0 Å². The second-order valence-corrected chi connectivity index (χ2v) is 3.80. The van der Waals surface area contributed by atoms with Gasteiger partial charge in [0.05, 0.1) is 0 Å². The lowest BCUT2D eigenvalue weighted by Crippen LogP contribution is -2.47. The van der Waals surface area contributed by atoms with E-state index in [2.05, 4.69) is 31.1 Å². The molecule has 0 amide bonds. The highest BCUT2D eigenvalue weighted by molar-refractivity contribution is 4.82. The molecule has 2 unspecified atom stereocenters. The van der Waals surface area contributed by atoms with Crippen molar-refractivity contribution in [1.82, 2.24) is 10.2 Å². The van der Waals surface area contributed by atoms with Crippen molar-refractivity contribution in [2.24, 2.45) is 5.92 Å². The smallest absolute Gasteiger partial charge is 0.0144 e. The molecule has 72 valence electrons. The van der Waals surface area contributed by atoms with E-state index in [1.54, 1.807) is 0 Å². The van der Waals surface area contributed by atoms with Gasteiger partial charge in [-0.05, 0) is 39.0 Å². The van der Waals surface area contributed by atoms with Crippen molar-refractivity contribution in [2.45, 2.75) is 32.7 Å². The van der Waals surface area contributed by atoms with Crippen molar-refractivity contribution >= 4 is 0 Å². The molecule has 0 spiro atoms. The van der Waals surface area contributed by atoms with Crippen molar-refractivity contribution < 1.29 is 0 Å². The molecular weight excluding hydrogens is 148 g/mol. The Hall–Kier alpha value is -0.0800. The summed E-state index contributed by atoms with van der Waals surface area (Å²) in [5.74, 6) is 0.865. The highest BCUT2D eigenvalue weighted by Gasteiger charge is 2.25. The maximum atomic E-state index is 3.47. The van der Waals surface area contributed by atoms with E-state index in [4.69, 9.17) is 0 Å². The third-order valence-corrected chi connectivity index (χ3v) is 3.16. The highest BCUT2D eigenvalue weighted by Crippen LogP contribution is 2.19. The molecule has 12 heavy (non-hydrogen) atoms. The molecule has 0 saturated carbocycles. The number of nitrogens with zero attached hydrogens (tertiary/aromatic N) is 1. The molecule has 1 rings (SSSR count). The minimum absolute atomic E-state index is 0.821. The largest absolute Gasteiger partial charge is 0.316 e. The van der Waals surface area contributed by atoms with Gasteiger partial charge in [0, 0.05) is 6.04 Å². The predicted molar refractivity (Wildman–Crippen MR) is 53.4 cm³/mol. The minimum atomic E-state index is 0.821. The lowest BCUT2D eigenvalue weighted by Gasteiger charge is -2.37. The van der Waals surface area contributed by atoms with Crippen LogP contribution in [-0.2, 0) is 0 Å². The molecule has 1 aliphatic heterocycles. The van der Waals surface area contributed by atoms with Crippen LogP contribution >= 0.6 is 0 Å². The third-order valence-electron chi connectivity index (χ3n) is 3.16. The maximum absolute atomic E-state index is 3.47. The molecule has 1 fully saturated rings. The number of hydrogen-bond acceptors (Lipinski definition) is 2. The predicted octanol–water partition coefficient (Wildman–Crippen LogP) is 1.33. The minimum Gasteiger partial charge on any atom is -0.316 e. The van der Waals surface area contributed by atoms with E-state index in [1.165, 1.54) is 32.5 Å². The van der Waals surface area contributed by atoms with Crippen molar-refractivity contribution in [3.63, 3.8) is 0 Å². The van der Waals surface area contributed by atoms with Gasteiger partial charge in [-0.2, -0.15) is 0 Å². The molecule has 0 aromatic rings. The van der Waals surface area contributed by atoms with E-state index < -0.39 is 0 Å². The fourth-order valence-corrected chi connectivity index (χ4v) is 2.14. The summed E-state index contributed by atoms with van der Waals surface area (Å²) in [4.78, 5) is 2.50. The first-order valence-corrected chi connectivity index (χ1v) is 5.20. The van der Waals surface area contributed by atoms with Gasteiger partial charge >= 0.3 is 0 Å². The van der Waals surface area contributed by atoms with Gasteiger partial charge in [-0.1, -0.05) is 20.3 Å². The summed E-state index contributed by atoms with van der Waals surface area (Å²) >= 11 is 0. The first-order chi connectivity index (χ1) is 5.79. The Morgan fingerprint density at radius 2 is 2.17 bits per heavy atom. The van der Waals surface area contributed by atoms with Crippen molar-refractivity contribution in [2.75, 3.05) is 26.7 Å². The summed E-state index contributed by atoms with van der Waals surface area (Å²) in [6.45, 7) is 8.14. The van der Waals surface area contributed by atoms with E-state index in [0.29, 0.717) is 0 Å². The van der Waals surface area contributed by atoms with Crippen molar-refractivity contribution in [3.05, 3.63) is 0 Å². The van der Waals surface area contributed by atoms with Crippen LogP contribution in [0.3, 0.4) is 0 Å². The fraction of sp³-hybridized carbons (Fsp3) is 1.00. The zero-order chi connectivity index (χ0) is 8.97. The van der Waals surface area contributed by atoms with Gasteiger partial charge in [-0.3, -0.25) is 0 Å². The zero-order valence-corrected chi connectivity index (χ0v) is 8.64. The van der Waals surface area contributed by atoms with E-state index in [0.717, 1.165) is 12.0 Å². The molecule has 1 N–H and O–H groups in total. The number of rotatable bonds is 3. The Kier molecular flexibility index (Phi) is 4.02. The normalized spacial score (nSPS) is 31.0. The van der Waals surface area contributed by atoms with Gasteiger partial charge in [0.2, 0.25) is 0 Å². The zero-order valence-electron chi connectivity index (χ0n) is 8.64. The molecule has 2 nitrogen and oxygen atoms in total. The standard InChI is InChI=1S/C10H22N2/c1-4-9-8-11-7-6-10(9)12(3)5-2/h9-11H,4-8H2,1-3H3. The van der Waals surface area contributed by atoms with Crippen LogP contribution in [0.5, 0.6) is 0 Å². The van der Waals surface area contributed by atoms with Crippen molar-refractivity contribution in [1.29, 1.82) is 0 Å². The van der Waals surface area contributed by atoms with Crippen LogP contribution in [0.1, 0.15) is 26.7 Å². The molecule has 0 aliphatic carbocycles. The summed E-state index contributed by atoms with van der Waals surface area (Å²) in [6, 6.07) is 0.821. The highest BCUT2D eigenvalue weighted by atomic mass is 15.1. The lowest BCUT2D eigenvalue weighted by molar-refractivity contribution is 0.142. The number of hydrogen-bond donors (Lipinski definition) is 1.